The number of nitrogens with zero attached hydrogens (tertiary/aromatic N) is 2. The lowest BCUT2D eigenvalue weighted by atomic mass is 9.95. The van der Waals surface area contributed by atoms with E-state index in [1.165, 1.54) is 25.3 Å². The van der Waals surface area contributed by atoms with Crippen LogP contribution >= 0.6 is 0 Å². The fraction of sp³-hybridized carbons (Fsp3) is 0.350. The zero-order chi connectivity index (χ0) is 21.0. The molecule has 1 heterocycles. The van der Waals surface area contributed by atoms with Gasteiger partial charge in [0.25, 0.3) is 5.69 Å². The molecule has 1 amide bonds. The molecule has 0 bridgehead atoms. The van der Waals surface area contributed by atoms with E-state index in [2.05, 4.69) is 5.32 Å². The normalized spacial score (nSPS) is 14.5. The van der Waals surface area contributed by atoms with Gasteiger partial charge in [-0.2, -0.15) is 0 Å². The summed E-state index contributed by atoms with van der Waals surface area (Å²) in [5.74, 6) is -1.53. The van der Waals surface area contributed by atoms with Gasteiger partial charge in [0, 0.05) is 31.6 Å². The molecule has 0 radical (unpaired) electrons. The first-order valence-electron chi connectivity index (χ1n) is 9.18. The van der Waals surface area contributed by atoms with Crippen LogP contribution in [0, 0.1) is 27.7 Å². The smallest absolute Gasteiger partial charge is 0.295 e. The van der Waals surface area contributed by atoms with Crippen LogP contribution in [0.1, 0.15) is 18.4 Å². The summed E-state index contributed by atoms with van der Waals surface area (Å²) < 4.78 is 31.7. The quantitative estimate of drug-likeness (QED) is 0.588. The van der Waals surface area contributed by atoms with Gasteiger partial charge in [-0.25, -0.2) is 8.78 Å². The fourth-order valence-corrected chi connectivity index (χ4v) is 3.41. The highest BCUT2D eigenvalue weighted by atomic mass is 19.1. The van der Waals surface area contributed by atoms with Crippen molar-refractivity contribution < 1.29 is 23.2 Å². The number of nitrogens with one attached hydrogen (secondary N) is 1. The van der Waals surface area contributed by atoms with Gasteiger partial charge in [0.15, 0.2) is 11.6 Å². The molecule has 0 aliphatic carbocycles. The Kier molecular flexibility index (Phi) is 6.26. The SMILES string of the molecule is COc1cc(N2CCC(C(=O)NCc3ccc(F)cc3)CC2)c([N+](=O)[O-])cc1F. The molecule has 3 rings (SSSR count). The van der Waals surface area contributed by atoms with E-state index >= 15 is 0 Å². The zero-order valence-electron chi connectivity index (χ0n) is 15.9. The fourth-order valence-electron chi connectivity index (χ4n) is 3.41. The first-order chi connectivity index (χ1) is 13.9. The van der Waals surface area contributed by atoms with E-state index < -0.39 is 10.7 Å². The van der Waals surface area contributed by atoms with Crippen molar-refractivity contribution in [3.63, 3.8) is 0 Å². The lowest BCUT2D eigenvalue weighted by Crippen LogP contribution is -2.40. The zero-order valence-corrected chi connectivity index (χ0v) is 15.9. The van der Waals surface area contributed by atoms with Crippen LogP contribution in [-0.2, 0) is 11.3 Å². The van der Waals surface area contributed by atoms with Crippen LogP contribution in [0.2, 0.25) is 0 Å². The number of hydrogen-bond donors (Lipinski definition) is 1. The highest BCUT2D eigenvalue weighted by Crippen LogP contribution is 2.36. The minimum absolute atomic E-state index is 0.0650. The molecular formula is C20H21F2N3O4. The van der Waals surface area contributed by atoms with Crippen LogP contribution in [0.5, 0.6) is 5.75 Å². The number of hydrogen-bond acceptors (Lipinski definition) is 5. The predicted octanol–water partition coefficient (Wildman–Crippen LogP) is 3.41. The van der Waals surface area contributed by atoms with Gasteiger partial charge < -0.3 is 15.0 Å². The number of amides is 1. The number of nitro benzene ring substituents is 1. The minimum Gasteiger partial charge on any atom is -0.494 e. The molecule has 2 aromatic carbocycles. The third-order valence-electron chi connectivity index (χ3n) is 5.03. The number of piperidine rings is 1. The maximum atomic E-state index is 13.9. The Bertz CT molecular complexity index is 897. The van der Waals surface area contributed by atoms with Crippen molar-refractivity contribution >= 4 is 17.3 Å². The summed E-state index contributed by atoms with van der Waals surface area (Å²) in [4.78, 5) is 24.9. The Balaban J connectivity index is 1.62. The number of carbonyl (C=O) groups is 1. The molecule has 2 aromatic rings. The van der Waals surface area contributed by atoms with Gasteiger partial charge >= 0.3 is 0 Å². The number of rotatable bonds is 6. The van der Waals surface area contributed by atoms with Crippen LogP contribution in [-0.4, -0.2) is 31.0 Å². The summed E-state index contributed by atoms with van der Waals surface area (Å²) in [5.41, 5.74) is 0.743. The van der Waals surface area contributed by atoms with Crippen LogP contribution in [0.15, 0.2) is 36.4 Å². The number of anilines is 1. The number of halogens is 2. The number of ether oxygens (including phenoxy) is 1. The molecule has 0 spiro atoms. The van der Waals surface area contributed by atoms with Crippen molar-refractivity contribution in [2.45, 2.75) is 19.4 Å². The second-order valence-electron chi connectivity index (χ2n) is 6.84. The van der Waals surface area contributed by atoms with E-state index in [1.54, 1.807) is 17.0 Å². The van der Waals surface area contributed by atoms with Gasteiger partial charge in [0.05, 0.1) is 18.1 Å². The molecule has 154 valence electrons. The van der Waals surface area contributed by atoms with E-state index in [4.69, 9.17) is 4.74 Å². The predicted molar refractivity (Wildman–Crippen MR) is 103 cm³/mol. The Morgan fingerprint density at radius 3 is 2.48 bits per heavy atom. The summed E-state index contributed by atoms with van der Waals surface area (Å²) in [7, 11) is 1.30. The molecule has 0 aromatic heterocycles. The molecule has 1 saturated heterocycles. The average molecular weight is 405 g/mol. The molecule has 0 unspecified atom stereocenters. The third kappa shape index (κ3) is 4.79. The van der Waals surface area contributed by atoms with Gasteiger partial charge in [0.1, 0.15) is 11.5 Å². The molecule has 0 saturated carbocycles. The summed E-state index contributed by atoms with van der Waals surface area (Å²) in [6, 6.07) is 8.07. The lowest BCUT2D eigenvalue weighted by molar-refractivity contribution is -0.384. The summed E-state index contributed by atoms with van der Waals surface area (Å²) in [6.07, 6.45) is 1.01. The average Bonchev–Trinajstić information content (AvgIpc) is 2.73. The molecule has 29 heavy (non-hydrogen) atoms. The van der Waals surface area contributed by atoms with Gasteiger partial charge in [-0.3, -0.25) is 14.9 Å². The van der Waals surface area contributed by atoms with Gasteiger partial charge in [-0.1, -0.05) is 12.1 Å². The highest BCUT2D eigenvalue weighted by Gasteiger charge is 2.29. The van der Waals surface area contributed by atoms with E-state index in [1.807, 2.05) is 0 Å². The molecule has 0 atom stereocenters. The van der Waals surface area contributed by atoms with Gasteiger partial charge in [-0.15, -0.1) is 0 Å². The van der Waals surface area contributed by atoms with Crippen molar-refractivity contribution in [1.29, 1.82) is 0 Å². The first-order valence-corrected chi connectivity index (χ1v) is 9.18. The van der Waals surface area contributed by atoms with Crippen molar-refractivity contribution in [2.24, 2.45) is 5.92 Å². The summed E-state index contributed by atoms with van der Waals surface area (Å²) in [6.45, 7) is 1.15. The molecule has 1 N–H and O–H groups in total. The number of methoxy groups -OCH3 is 1. The molecule has 1 aliphatic rings. The van der Waals surface area contributed by atoms with Gasteiger partial charge in [-0.05, 0) is 30.5 Å². The summed E-state index contributed by atoms with van der Waals surface area (Å²) in [5, 5.41) is 14.2. The van der Waals surface area contributed by atoms with Gasteiger partial charge in [0.2, 0.25) is 5.91 Å². The second-order valence-corrected chi connectivity index (χ2v) is 6.84. The Labute approximate surface area is 166 Å². The third-order valence-corrected chi connectivity index (χ3v) is 5.03. The van der Waals surface area contributed by atoms with Crippen LogP contribution in [0.4, 0.5) is 20.2 Å². The number of nitro groups is 1. The second kappa shape index (κ2) is 8.85. The lowest BCUT2D eigenvalue weighted by Gasteiger charge is -2.32. The Hall–Kier alpha value is -3.23. The van der Waals surface area contributed by atoms with Crippen LogP contribution in [0.25, 0.3) is 0 Å². The molecule has 1 aliphatic heterocycles. The Morgan fingerprint density at radius 1 is 1.24 bits per heavy atom. The summed E-state index contributed by atoms with van der Waals surface area (Å²) >= 11 is 0. The topological polar surface area (TPSA) is 84.7 Å². The van der Waals surface area contributed by atoms with E-state index in [0.717, 1.165) is 11.6 Å². The monoisotopic (exact) mass is 405 g/mol. The van der Waals surface area contributed by atoms with Crippen molar-refractivity contribution in [3.8, 4) is 5.75 Å². The first kappa shape index (κ1) is 20.5. The van der Waals surface area contributed by atoms with Crippen molar-refractivity contribution in [2.75, 3.05) is 25.1 Å². The number of benzene rings is 2. The maximum absolute atomic E-state index is 13.9. The molecular weight excluding hydrogens is 384 g/mol. The van der Waals surface area contributed by atoms with Crippen molar-refractivity contribution in [3.05, 3.63) is 63.7 Å². The van der Waals surface area contributed by atoms with Crippen LogP contribution < -0.4 is 15.0 Å². The maximum Gasteiger partial charge on any atom is 0.295 e. The highest BCUT2D eigenvalue weighted by molar-refractivity contribution is 5.79. The van der Waals surface area contributed by atoms with Crippen molar-refractivity contribution in [1.82, 2.24) is 5.32 Å². The Morgan fingerprint density at radius 2 is 1.90 bits per heavy atom. The number of carbonyl (C=O) groups excluding carboxylic acids is 1. The molecule has 1 fully saturated rings. The minimum atomic E-state index is -0.794. The largest absolute Gasteiger partial charge is 0.494 e. The van der Waals surface area contributed by atoms with Crippen LogP contribution in [0.3, 0.4) is 0 Å². The standard InChI is InChI=1S/C20H21F2N3O4/c1-29-19-11-17(18(25(27)28)10-16(19)22)24-8-6-14(7-9-24)20(26)23-12-13-2-4-15(21)5-3-13/h2-5,10-11,14H,6-9,12H2,1H3,(H,23,26). The van der Waals surface area contributed by atoms with E-state index in [-0.39, 0.29) is 34.8 Å². The van der Waals surface area contributed by atoms with E-state index in [9.17, 15) is 23.7 Å². The molecule has 9 heteroatoms. The molecule has 7 nitrogen and oxygen atoms in total. The van der Waals surface area contributed by atoms with E-state index in [0.29, 0.717) is 32.5 Å².